The Morgan fingerprint density at radius 2 is 2.00 bits per heavy atom. The molecule has 0 unspecified atom stereocenters. The second kappa shape index (κ2) is 3.82. The summed E-state index contributed by atoms with van der Waals surface area (Å²) in [5.41, 5.74) is 1.50. The van der Waals surface area contributed by atoms with Gasteiger partial charge in [-0.2, -0.15) is 0 Å². The summed E-state index contributed by atoms with van der Waals surface area (Å²) in [6, 6.07) is 11.9. The lowest BCUT2D eigenvalue weighted by atomic mass is 10.2. The van der Waals surface area contributed by atoms with Gasteiger partial charge in [0.1, 0.15) is 4.70 Å². The minimum absolute atomic E-state index is 0.306. The monoisotopic (exact) mass is 243 g/mol. The van der Waals surface area contributed by atoms with Crippen molar-refractivity contribution < 1.29 is 4.42 Å². The van der Waals surface area contributed by atoms with Crippen molar-refractivity contribution in [1.82, 2.24) is 4.98 Å². The van der Waals surface area contributed by atoms with Crippen LogP contribution in [0.5, 0.6) is 0 Å². The normalized spacial score (nSPS) is 10.9. The molecule has 0 bridgehead atoms. The van der Waals surface area contributed by atoms with E-state index < -0.39 is 0 Å². The zero-order valence-corrected chi connectivity index (χ0v) is 9.95. The van der Waals surface area contributed by atoms with Crippen molar-refractivity contribution in [2.24, 2.45) is 0 Å². The molecule has 0 saturated carbocycles. The van der Waals surface area contributed by atoms with Crippen LogP contribution in [0.3, 0.4) is 0 Å². The van der Waals surface area contributed by atoms with Gasteiger partial charge in [-0.15, -0.1) is 11.3 Å². The van der Waals surface area contributed by atoms with Crippen molar-refractivity contribution in [1.29, 1.82) is 0 Å². The van der Waals surface area contributed by atoms with Gasteiger partial charge in [-0.1, -0.05) is 30.3 Å². The third kappa shape index (κ3) is 1.76. The highest BCUT2D eigenvalue weighted by molar-refractivity contribution is 7.22. The van der Waals surface area contributed by atoms with E-state index in [0.29, 0.717) is 16.1 Å². The molecule has 4 heteroatoms. The molecule has 0 saturated heterocycles. The van der Waals surface area contributed by atoms with E-state index in [1.54, 1.807) is 6.92 Å². The summed E-state index contributed by atoms with van der Waals surface area (Å²) in [5.74, 6) is 0.403. The average molecular weight is 243 g/mol. The Morgan fingerprint density at radius 1 is 1.24 bits per heavy atom. The molecular formula is C13H9NO2S. The van der Waals surface area contributed by atoms with Crippen molar-refractivity contribution in [3.05, 3.63) is 52.7 Å². The number of benzene rings is 1. The number of hydrogen-bond acceptors (Lipinski definition) is 4. The van der Waals surface area contributed by atoms with Crippen LogP contribution in [0.4, 0.5) is 0 Å². The lowest BCUT2D eigenvalue weighted by Gasteiger charge is -1.93. The summed E-state index contributed by atoms with van der Waals surface area (Å²) >= 11 is 1.42. The van der Waals surface area contributed by atoms with Crippen LogP contribution in [0.1, 0.15) is 5.89 Å². The number of thiophene rings is 1. The van der Waals surface area contributed by atoms with Crippen LogP contribution in [-0.2, 0) is 0 Å². The van der Waals surface area contributed by atoms with Crippen LogP contribution in [0.25, 0.3) is 20.7 Å². The van der Waals surface area contributed by atoms with Crippen LogP contribution >= 0.6 is 11.3 Å². The fourth-order valence-electron chi connectivity index (χ4n) is 1.73. The molecule has 3 rings (SSSR count). The fraction of sp³-hybridized carbons (Fsp3) is 0.0769. The lowest BCUT2D eigenvalue weighted by Crippen LogP contribution is -1.99. The molecular weight excluding hydrogens is 234 g/mol. The van der Waals surface area contributed by atoms with Crippen LogP contribution in [0, 0.1) is 6.92 Å². The molecule has 2 heterocycles. The van der Waals surface area contributed by atoms with E-state index in [1.807, 2.05) is 36.4 Å². The molecule has 0 spiro atoms. The summed E-state index contributed by atoms with van der Waals surface area (Å²) in [6.45, 7) is 1.68. The number of hydrogen-bond donors (Lipinski definition) is 0. The zero-order chi connectivity index (χ0) is 11.8. The summed E-state index contributed by atoms with van der Waals surface area (Å²) in [4.78, 5) is 16.9. The Kier molecular flexibility index (Phi) is 2.30. The summed E-state index contributed by atoms with van der Waals surface area (Å²) < 4.78 is 5.56. The third-order valence-electron chi connectivity index (χ3n) is 2.47. The molecule has 0 radical (unpaired) electrons. The number of rotatable bonds is 1. The van der Waals surface area contributed by atoms with Crippen molar-refractivity contribution in [3.63, 3.8) is 0 Å². The van der Waals surface area contributed by atoms with Crippen molar-refractivity contribution in [2.45, 2.75) is 6.92 Å². The first-order chi connectivity index (χ1) is 8.24. The first-order valence-corrected chi connectivity index (χ1v) is 6.02. The Morgan fingerprint density at radius 3 is 2.76 bits per heavy atom. The third-order valence-corrected chi connectivity index (χ3v) is 3.63. The highest BCUT2D eigenvalue weighted by atomic mass is 32.1. The maximum Gasteiger partial charge on any atom is 0.357 e. The molecule has 0 aliphatic heterocycles. The van der Waals surface area contributed by atoms with E-state index in [2.05, 4.69) is 4.98 Å². The Bertz CT molecular complexity index is 728. The van der Waals surface area contributed by atoms with E-state index in [4.69, 9.17) is 4.42 Å². The second-order valence-corrected chi connectivity index (χ2v) is 4.76. The standard InChI is InChI=1S/C13H9NO2S/c1-8-14-10-7-11(9-5-3-2-4-6-9)17-12(10)13(15)16-8/h2-7H,1H3. The molecule has 2 aromatic heterocycles. The van der Waals surface area contributed by atoms with Gasteiger partial charge in [-0.3, -0.25) is 0 Å². The predicted molar refractivity (Wildman–Crippen MR) is 68.3 cm³/mol. The van der Waals surface area contributed by atoms with Crippen LogP contribution in [0.2, 0.25) is 0 Å². The van der Waals surface area contributed by atoms with Gasteiger partial charge < -0.3 is 4.42 Å². The number of aryl methyl sites for hydroxylation is 1. The van der Waals surface area contributed by atoms with Gasteiger partial charge in [-0.05, 0) is 11.6 Å². The first-order valence-electron chi connectivity index (χ1n) is 5.21. The highest BCUT2D eigenvalue weighted by Gasteiger charge is 2.09. The van der Waals surface area contributed by atoms with Crippen LogP contribution in [-0.4, -0.2) is 4.98 Å². The van der Waals surface area contributed by atoms with Gasteiger partial charge in [-0.25, -0.2) is 9.78 Å². The molecule has 84 valence electrons. The fourth-order valence-corrected chi connectivity index (χ4v) is 2.71. The summed E-state index contributed by atoms with van der Waals surface area (Å²) in [7, 11) is 0. The maximum atomic E-state index is 11.6. The number of fused-ring (bicyclic) bond motifs is 1. The lowest BCUT2D eigenvalue weighted by molar-refractivity contribution is 0.468. The van der Waals surface area contributed by atoms with E-state index in [0.717, 1.165) is 10.4 Å². The van der Waals surface area contributed by atoms with Crippen molar-refractivity contribution in [3.8, 4) is 10.4 Å². The van der Waals surface area contributed by atoms with Gasteiger partial charge in [0.2, 0.25) is 0 Å². The molecule has 3 nitrogen and oxygen atoms in total. The molecule has 0 aliphatic rings. The maximum absolute atomic E-state index is 11.6. The van der Waals surface area contributed by atoms with Crippen molar-refractivity contribution >= 4 is 21.6 Å². The highest BCUT2D eigenvalue weighted by Crippen LogP contribution is 2.30. The van der Waals surface area contributed by atoms with Gasteiger partial charge in [0.05, 0.1) is 5.52 Å². The smallest absolute Gasteiger partial charge is 0.357 e. The molecule has 0 amide bonds. The molecule has 0 N–H and O–H groups in total. The first kappa shape index (κ1) is 10.2. The van der Waals surface area contributed by atoms with Gasteiger partial charge in [0.15, 0.2) is 5.89 Å². The number of aromatic nitrogens is 1. The van der Waals surface area contributed by atoms with Gasteiger partial charge in [0, 0.05) is 11.8 Å². The SMILES string of the molecule is Cc1nc2cc(-c3ccccc3)sc2c(=O)o1. The van der Waals surface area contributed by atoms with E-state index in [-0.39, 0.29) is 5.63 Å². The van der Waals surface area contributed by atoms with E-state index in [1.165, 1.54) is 11.3 Å². The second-order valence-electron chi connectivity index (χ2n) is 3.71. The molecule has 3 aromatic rings. The molecule has 1 aromatic carbocycles. The van der Waals surface area contributed by atoms with Gasteiger partial charge >= 0.3 is 5.63 Å². The quantitative estimate of drug-likeness (QED) is 0.659. The largest absolute Gasteiger partial charge is 0.408 e. The van der Waals surface area contributed by atoms with E-state index in [9.17, 15) is 4.79 Å². The zero-order valence-electron chi connectivity index (χ0n) is 9.14. The minimum Gasteiger partial charge on any atom is -0.408 e. The molecule has 0 atom stereocenters. The average Bonchev–Trinajstić information content (AvgIpc) is 2.74. The Labute approximate surface area is 101 Å². The van der Waals surface area contributed by atoms with Crippen molar-refractivity contribution in [2.75, 3.05) is 0 Å². The van der Waals surface area contributed by atoms with Gasteiger partial charge in [0.25, 0.3) is 0 Å². The topological polar surface area (TPSA) is 43.1 Å². The number of nitrogens with zero attached hydrogens (tertiary/aromatic N) is 1. The molecule has 0 fully saturated rings. The Balaban J connectivity index is 2.28. The Hall–Kier alpha value is -1.94. The minimum atomic E-state index is -0.306. The summed E-state index contributed by atoms with van der Waals surface area (Å²) in [6.07, 6.45) is 0. The van der Waals surface area contributed by atoms with E-state index >= 15 is 0 Å². The molecule has 0 aliphatic carbocycles. The summed E-state index contributed by atoms with van der Waals surface area (Å²) in [5, 5.41) is 0. The predicted octanol–water partition coefficient (Wildman–Crippen LogP) is 3.22. The molecule has 17 heavy (non-hydrogen) atoms. The van der Waals surface area contributed by atoms with Crippen LogP contribution < -0.4 is 5.63 Å². The van der Waals surface area contributed by atoms with Crippen LogP contribution in [0.15, 0.2) is 45.6 Å².